The third-order valence-corrected chi connectivity index (χ3v) is 8.01. The van der Waals surface area contributed by atoms with Crippen molar-refractivity contribution in [2.45, 2.75) is 39.8 Å². The molecule has 1 saturated heterocycles. The van der Waals surface area contributed by atoms with E-state index in [1.165, 1.54) is 0 Å². The summed E-state index contributed by atoms with van der Waals surface area (Å²) < 4.78 is 28.6. The Kier molecular flexibility index (Phi) is 8.42. The standard InChI is InChI=1S/C30H35N3O5S/c1-21-5-12-26(32-29(35)38-30(2,3)4)19-27(21)23-8-10-24(11-9-23)28(34)31-25-13-6-22(7-14-25)20-33-15-17-39(36,37)18-16-33/h5-14,19H,15-18,20H2,1-4H3,(H,31,34)(H,32,35). The van der Waals surface area contributed by atoms with Crippen LogP contribution in [0.4, 0.5) is 16.2 Å². The van der Waals surface area contributed by atoms with Crippen molar-refractivity contribution in [3.63, 3.8) is 0 Å². The fourth-order valence-corrected chi connectivity index (χ4v) is 5.57. The zero-order valence-corrected chi connectivity index (χ0v) is 23.6. The van der Waals surface area contributed by atoms with Crippen molar-refractivity contribution in [1.29, 1.82) is 0 Å². The summed E-state index contributed by atoms with van der Waals surface area (Å²) in [5.41, 5.74) is 5.22. The van der Waals surface area contributed by atoms with Crippen LogP contribution >= 0.6 is 0 Å². The van der Waals surface area contributed by atoms with Crippen LogP contribution in [0.5, 0.6) is 0 Å². The summed E-state index contributed by atoms with van der Waals surface area (Å²) in [6, 6.07) is 20.6. The van der Waals surface area contributed by atoms with Gasteiger partial charge in [-0.05, 0) is 86.3 Å². The van der Waals surface area contributed by atoms with Gasteiger partial charge in [-0.25, -0.2) is 13.2 Å². The fourth-order valence-electron chi connectivity index (χ4n) is 4.30. The summed E-state index contributed by atoms with van der Waals surface area (Å²) >= 11 is 0. The number of carbonyl (C=O) groups is 2. The smallest absolute Gasteiger partial charge is 0.412 e. The van der Waals surface area contributed by atoms with Gasteiger partial charge in [0, 0.05) is 36.6 Å². The van der Waals surface area contributed by atoms with Crippen LogP contribution in [0.2, 0.25) is 0 Å². The van der Waals surface area contributed by atoms with E-state index in [0.717, 1.165) is 22.3 Å². The number of nitrogens with one attached hydrogen (secondary N) is 2. The minimum atomic E-state index is -2.90. The summed E-state index contributed by atoms with van der Waals surface area (Å²) in [7, 11) is -2.90. The molecule has 1 aliphatic rings. The molecule has 8 nitrogen and oxygen atoms in total. The summed E-state index contributed by atoms with van der Waals surface area (Å²) in [6.45, 7) is 9.20. The van der Waals surface area contributed by atoms with E-state index in [0.29, 0.717) is 36.6 Å². The molecule has 0 atom stereocenters. The highest BCUT2D eigenvalue weighted by Gasteiger charge is 2.21. The quantitative estimate of drug-likeness (QED) is 0.421. The predicted octanol–water partition coefficient (Wildman–Crippen LogP) is 5.49. The average molecular weight is 550 g/mol. The molecule has 1 fully saturated rings. The van der Waals surface area contributed by atoms with Gasteiger partial charge in [-0.3, -0.25) is 15.0 Å². The van der Waals surface area contributed by atoms with Crippen molar-refractivity contribution in [2.75, 3.05) is 35.2 Å². The molecule has 9 heteroatoms. The second kappa shape index (κ2) is 11.6. The normalized spacial score (nSPS) is 15.4. The summed E-state index contributed by atoms with van der Waals surface area (Å²) in [5, 5.41) is 5.70. The fraction of sp³-hybridized carbons (Fsp3) is 0.333. The minimum Gasteiger partial charge on any atom is -0.444 e. The molecule has 0 saturated carbocycles. The van der Waals surface area contributed by atoms with Crippen molar-refractivity contribution < 1.29 is 22.7 Å². The Hall–Kier alpha value is -3.69. The van der Waals surface area contributed by atoms with Gasteiger partial charge < -0.3 is 10.1 Å². The third-order valence-electron chi connectivity index (χ3n) is 6.40. The number of hydrogen-bond acceptors (Lipinski definition) is 6. The lowest BCUT2D eigenvalue weighted by atomic mass is 9.98. The Bertz CT molecular complexity index is 1430. The largest absolute Gasteiger partial charge is 0.444 e. The molecule has 0 aliphatic carbocycles. The molecular formula is C30H35N3O5S. The summed E-state index contributed by atoms with van der Waals surface area (Å²) in [5.74, 6) is 0.189. The van der Waals surface area contributed by atoms with Gasteiger partial charge in [0.05, 0.1) is 11.5 Å². The second-order valence-electron chi connectivity index (χ2n) is 10.8. The number of aryl methyl sites for hydroxylation is 1. The SMILES string of the molecule is Cc1ccc(NC(=O)OC(C)(C)C)cc1-c1ccc(C(=O)Nc2ccc(CN3CCS(=O)(=O)CC3)cc2)cc1. The molecule has 3 aromatic rings. The maximum absolute atomic E-state index is 12.8. The van der Waals surface area contributed by atoms with Gasteiger partial charge in [0.25, 0.3) is 5.91 Å². The molecule has 0 radical (unpaired) electrons. The monoisotopic (exact) mass is 549 g/mol. The first-order valence-corrected chi connectivity index (χ1v) is 14.7. The molecule has 39 heavy (non-hydrogen) atoms. The number of benzene rings is 3. The van der Waals surface area contributed by atoms with Crippen LogP contribution in [0.1, 0.15) is 42.3 Å². The third kappa shape index (κ3) is 8.15. The van der Waals surface area contributed by atoms with Gasteiger partial charge in [0.15, 0.2) is 9.84 Å². The van der Waals surface area contributed by atoms with Crippen molar-refractivity contribution in [1.82, 2.24) is 4.90 Å². The summed E-state index contributed by atoms with van der Waals surface area (Å²) in [6.07, 6.45) is -0.515. The molecule has 1 aliphatic heterocycles. The lowest BCUT2D eigenvalue weighted by Crippen LogP contribution is -2.39. The first-order chi connectivity index (χ1) is 18.4. The Morgan fingerprint density at radius 1 is 0.872 bits per heavy atom. The van der Waals surface area contributed by atoms with Crippen LogP contribution in [-0.2, 0) is 21.1 Å². The van der Waals surface area contributed by atoms with Gasteiger partial charge in [-0.15, -0.1) is 0 Å². The number of ether oxygens (including phenoxy) is 1. The number of sulfone groups is 1. The molecule has 0 aromatic heterocycles. The van der Waals surface area contributed by atoms with Crippen molar-refractivity contribution in [3.05, 3.63) is 83.4 Å². The second-order valence-corrected chi connectivity index (χ2v) is 13.1. The van der Waals surface area contributed by atoms with Crippen molar-refractivity contribution in [2.24, 2.45) is 0 Å². The van der Waals surface area contributed by atoms with E-state index in [1.54, 1.807) is 12.1 Å². The molecule has 0 spiro atoms. The van der Waals surface area contributed by atoms with Crippen molar-refractivity contribution in [3.8, 4) is 11.1 Å². The van der Waals surface area contributed by atoms with Gasteiger partial charge in [0.2, 0.25) is 0 Å². The van der Waals surface area contributed by atoms with E-state index in [2.05, 4.69) is 15.5 Å². The first kappa shape index (κ1) is 28.3. The number of nitrogens with zero attached hydrogens (tertiary/aromatic N) is 1. The molecule has 3 aromatic carbocycles. The summed E-state index contributed by atoms with van der Waals surface area (Å²) in [4.78, 5) is 27.1. The highest BCUT2D eigenvalue weighted by atomic mass is 32.2. The van der Waals surface area contributed by atoms with E-state index in [1.807, 2.05) is 82.3 Å². The van der Waals surface area contributed by atoms with E-state index in [4.69, 9.17) is 4.74 Å². The average Bonchev–Trinajstić information content (AvgIpc) is 2.86. The maximum atomic E-state index is 12.8. The van der Waals surface area contributed by atoms with E-state index in [9.17, 15) is 18.0 Å². The van der Waals surface area contributed by atoms with Gasteiger partial charge in [-0.1, -0.05) is 30.3 Å². The van der Waals surface area contributed by atoms with Crippen LogP contribution < -0.4 is 10.6 Å². The lowest BCUT2D eigenvalue weighted by Gasteiger charge is -2.26. The van der Waals surface area contributed by atoms with E-state index < -0.39 is 21.5 Å². The molecule has 0 bridgehead atoms. The van der Waals surface area contributed by atoms with Gasteiger partial charge >= 0.3 is 6.09 Å². The molecule has 2 amide bonds. The minimum absolute atomic E-state index is 0.202. The van der Waals surface area contributed by atoms with Crippen LogP contribution in [0.25, 0.3) is 11.1 Å². The topological polar surface area (TPSA) is 105 Å². The number of carbonyl (C=O) groups excluding carboxylic acids is 2. The predicted molar refractivity (Wildman–Crippen MR) is 155 cm³/mol. The molecule has 206 valence electrons. The molecule has 0 unspecified atom stereocenters. The molecule has 1 heterocycles. The molecule has 4 rings (SSSR count). The number of rotatable bonds is 6. The van der Waals surface area contributed by atoms with Crippen LogP contribution in [-0.4, -0.2) is 55.5 Å². The highest BCUT2D eigenvalue weighted by molar-refractivity contribution is 7.91. The Balaban J connectivity index is 1.37. The van der Waals surface area contributed by atoms with Crippen molar-refractivity contribution >= 4 is 33.2 Å². The van der Waals surface area contributed by atoms with E-state index >= 15 is 0 Å². The Labute approximate surface area is 230 Å². The molecule has 2 N–H and O–H groups in total. The lowest BCUT2D eigenvalue weighted by molar-refractivity contribution is 0.0635. The van der Waals surface area contributed by atoms with Gasteiger partial charge in [0.1, 0.15) is 5.60 Å². The van der Waals surface area contributed by atoms with E-state index in [-0.39, 0.29) is 17.4 Å². The zero-order valence-electron chi connectivity index (χ0n) is 22.8. The molecular weight excluding hydrogens is 514 g/mol. The number of anilines is 2. The van der Waals surface area contributed by atoms with Crippen LogP contribution in [0, 0.1) is 6.92 Å². The van der Waals surface area contributed by atoms with Crippen LogP contribution in [0.15, 0.2) is 66.7 Å². The highest BCUT2D eigenvalue weighted by Crippen LogP contribution is 2.27. The Morgan fingerprint density at radius 2 is 1.49 bits per heavy atom. The first-order valence-electron chi connectivity index (χ1n) is 12.9. The number of amides is 2. The number of hydrogen-bond donors (Lipinski definition) is 2. The Morgan fingerprint density at radius 3 is 2.10 bits per heavy atom. The van der Waals surface area contributed by atoms with Crippen LogP contribution in [0.3, 0.4) is 0 Å². The van der Waals surface area contributed by atoms with Gasteiger partial charge in [-0.2, -0.15) is 0 Å². The maximum Gasteiger partial charge on any atom is 0.412 e. The zero-order chi connectivity index (χ0) is 28.2.